The molecule has 1 rings (SSSR count). The highest BCUT2D eigenvalue weighted by Crippen LogP contribution is 2.27. The van der Waals surface area contributed by atoms with Crippen LogP contribution in [0.15, 0.2) is 12.4 Å². The zero-order valence-electron chi connectivity index (χ0n) is 7.41. The second-order valence-electron chi connectivity index (χ2n) is 2.78. The number of nitrogens with zero attached hydrogens (tertiary/aromatic N) is 2. The maximum atomic E-state index is 8.73. The molecule has 0 radical (unpaired) electrons. The highest BCUT2D eigenvalue weighted by Gasteiger charge is 2.09. The van der Waals surface area contributed by atoms with Gasteiger partial charge in [0.2, 0.25) is 0 Å². The summed E-state index contributed by atoms with van der Waals surface area (Å²) in [5.74, 6) is 0.411. The van der Waals surface area contributed by atoms with Gasteiger partial charge in [0, 0.05) is 12.4 Å². The van der Waals surface area contributed by atoms with Crippen LogP contribution < -0.4 is 4.74 Å². The Morgan fingerprint density at radius 2 is 2.23 bits per heavy atom. The summed E-state index contributed by atoms with van der Waals surface area (Å²) < 4.78 is 5.37. The average molecular weight is 197 g/mol. The molecule has 1 aromatic heterocycles. The summed E-state index contributed by atoms with van der Waals surface area (Å²) in [5.41, 5.74) is 0.362. The summed E-state index contributed by atoms with van der Waals surface area (Å²) >= 11 is 5.81. The van der Waals surface area contributed by atoms with Crippen molar-refractivity contribution >= 4 is 11.6 Å². The molecule has 0 aliphatic heterocycles. The Labute approximate surface area is 81.9 Å². The lowest BCUT2D eigenvalue weighted by atomic mass is 10.3. The first kappa shape index (κ1) is 9.82. The third kappa shape index (κ3) is 2.33. The molecule has 0 bridgehead atoms. The van der Waals surface area contributed by atoms with Crippen LogP contribution in [-0.4, -0.2) is 11.1 Å². The van der Waals surface area contributed by atoms with Gasteiger partial charge in [0.1, 0.15) is 16.7 Å². The average Bonchev–Trinajstić information content (AvgIpc) is 2.08. The molecule has 0 saturated carbocycles. The molecule has 0 N–H and O–H groups in total. The molecule has 3 nitrogen and oxygen atoms in total. The van der Waals surface area contributed by atoms with Crippen LogP contribution in [0, 0.1) is 11.3 Å². The Hall–Kier alpha value is -1.27. The van der Waals surface area contributed by atoms with Gasteiger partial charge < -0.3 is 4.74 Å². The Kier molecular flexibility index (Phi) is 3.10. The lowest BCUT2D eigenvalue weighted by molar-refractivity contribution is 0.241. The number of ether oxygens (including phenoxy) is 1. The molecule has 0 aliphatic rings. The maximum absolute atomic E-state index is 8.73. The van der Waals surface area contributed by atoms with Gasteiger partial charge in [-0.15, -0.1) is 0 Å². The van der Waals surface area contributed by atoms with Crippen molar-refractivity contribution in [3.05, 3.63) is 23.0 Å². The minimum absolute atomic E-state index is 0.00741. The van der Waals surface area contributed by atoms with Gasteiger partial charge in [-0.05, 0) is 13.8 Å². The third-order valence-electron chi connectivity index (χ3n) is 1.33. The second-order valence-corrected chi connectivity index (χ2v) is 3.18. The number of halogens is 1. The zero-order chi connectivity index (χ0) is 9.84. The first-order chi connectivity index (χ1) is 6.15. The predicted molar refractivity (Wildman–Crippen MR) is 49.7 cm³/mol. The van der Waals surface area contributed by atoms with Crippen molar-refractivity contribution in [3.8, 4) is 11.8 Å². The van der Waals surface area contributed by atoms with Crippen LogP contribution in [0.25, 0.3) is 0 Å². The summed E-state index contributed by atoms with van der Waals surface area (Å²) in [7, 11) is 0. The number of aromatic nitrogens is 1. The quantitative estimate of drug-likeness (QED) is 0.730. The van der Waals surface area contributed by atoms with E-state index in [1.165, 1.54) is 12.4 Å². The highest BCUT2D eigenvalue weighted by atomic mass is 35.5. The first-order valence-electron chi connectivity index (χ1n) is 3.85. The zero-order valence-corrected chi connectivity index (χ0v) is 8.17. The summed E-state index contributed by atoms with van der Waals surface area (Å²) in [6, 6.07) is 1.97. The topological polar surface area (TPSA) is 45.9 Å². The second kappa shape index (κ2) is 4.11. The van der Waals surface area contributed by atoms with E-state index in [0.717, 1.165) is 0 Å². The first-order valence-corrected chi connectivity index (χ1v) is 4.23. The van der Waals surface area contributed by atoms with Crippen LogP contribution in [0.1, 0.15) is 19.4 Å². The van der Waals surface area contributed by atoms with E-state index in [0.29, 0.717) is 16.3 Å². The van der Waals surface area contributed by atoms with Crippen molar-refractivity contribution < 1.29 is 4.74 Å². The molecular formula is C9H9ClN2O. The normalized spacial score (nSPS) is 9.77. The molecule has 0 aliphatic carbocycles. The molecule has 13 heavy (non-hydrogen) atoms. The van der Waals surface area contributed by atoms with Crippen LogP contribution >= 0.6 is 11.6 Å². The van der Waals surface area contributed by atoms with E-state index in [1.54, 1.807) is 0 Å². The van der Waals surface area contributed by atoms with Crippen molar-refractivity contribution in [2.45, 2.75) is 20.0 Å². The van der Waals surface area contributed by atoms with Crippen LogP contribution in [0.2, 0.25) is 5.02 Å². The Balaban J connectivity index is 3.10. The van der Waals surface area contributed by atoms with Gasteiger partial charge in [-0.3, -0.25) is 4.98 Å². The molecule has 0 amide bonds. The van der Waals surface area contributed by atoms with E-state index in [1.807, 2.05) is 19.9 Å². The SMILES string of the molecule is CC(C)Oc1c(Cl)cncc1C#N. The number of rotatable bonds is 2. The number of nitriles is 1. The van der Waals surface area contributed by atoms with Crippen molar-refractivity contribution in [1.82, 2.24) is 4.98 Å². The van der Waals surface area contributed by atoms with E-state index in [9.17, 15) is 0 Å². The van der Waals surface area contributed by atoms with Crippen LogP contribution in [0.3, 0.4) is 0 Å². The molecule has 0 saturated heterocycles. The Morgan fingerprint density at radius 3 is 2.77 bits per heavy atom. The van der Waals surface area contributed by atoms with Crippen LogP contribution in [-0.2, 0) is 0 Å². The molecule has 0 aromatic carbocycles. The lowest BCUT2D eigenvalue weighted by Gasteiger charge is -2.11. The van der Waals surface area contributed by atoms with Crippen molar-refractivity contribution in [3.63, 3.8) is 0 Å². The molecule has 0 fully saturated rings. The minimum Gasteiger partial charge on any atom is -0.488 e. The minimum atomic E-state index is -0.00741. The summed E-state index contributed by atoms with van der Waals surface area (Å²) in [5, 5.41) is 9.10. The Morgan fingerprint density at radius 1 is 1.54 bits per heavy atom. The summed E-state index contributed by atoms with van der Waals surface area (Å²) in [6.45, 7) is 3.75. The third-order valence-corrected chi connectivity index (χ3v) is 1.60. The molecule has 1 heterocycles. The van der Waals surface area contributed by atoms with Crippen molar-refractivity contribution in [2.75, 3.05) is 0 Å². The highest BCUT2D eigenvalue weighted by molar-refractivity contribution is 6.32. The van der Waals surface area contributed by atoms with Gasteiger partial charge in [0.05, 0.1) is 6.10 Å². The smallest absolute Gasteiger partial charge is 0.159 e. The molecule has 0 unspecified atom stereocenters. The summed E-state index contributed by atoms with van der Waals surface area (Å²) in [6.07, 6.45) is 2.89. The molecule has 68 valence electrons. The van der Waals surface area contributed by atoms with Gasteiger partial charge in [0.15, 0.2) is 5.75 Å². The van der Waals surface area contributed by atoms with Crippen LogP contribution in [0.5, 0.6) is 5.75 Å². The fourth-order valence-electron chi connectivity index (χ4n) is 0.858. The van der Waals surface area contributed by atoms with E-state index < -0.39 is 0 Å². The van der Waals surface area contributed by atoms with Gasteiger partial charge in [-0.1, -0.05) is 11.6 Å². The number of pyridine rings is 1. The molecule has 4 heteroatoms. The van der Waals surface area contributed by atoms with E-state index >= 15 is 0 Å². The van der Waals surface area contributed by atoms with Crippen molar-refractivity contribution in [1.29, 1.82) is 5.26 Å². The Bertz CT molecular complexity index is 344. The van der Waals surface area contributed by atoms with Gasteiger partial charge >= 0.3 is 0 Å². The fraction of sp³-hybridized carbons (Fsp3) is 0.333. The molecular weight excluding hydrogens is 188 g/mol. The van der Waals surface area contributed by atoms with Gasteiger partial charge in [-0.2, -0.15) is 5.26 Å². The predicted octanol–water partition coefficient (Wildman–Crippen LogP) is 2.39. The van der Waals surface area contributed by atoms with Crippen molar-refractivity contribution in [2.24, 2.45) is 0 Å². The summed E-state index contributed by atoms with van der Waals surface area (Å²) in [4.78, 5) is 3.79. The molecule has 1 aromatic rings. The van der Waals surface area contributed by atoms with E-state index in [-0.39, 0.29) is 6.10 Å². The standard InChI is InChI=1S/C9H9ClN2O/c1-6(2)13-9-7(3-11)4-12-5-8(9)10/h4-6H,1-2H3. The fourth-order valence-corrected chi connectivity index (χ4v) is 1.06. The lowest BCUT2D eigenvalue weighted by Crippen LogP contribution is -2.07. The maximum Gasteiger partial charge on any atom is 0.159 e. The van der Waals surface area contributed by atoms with E-state index in [4.69, 9.17) is 21.6 Å². The largest absolute Gasteiger partial charge is 0.488 e. The molecule has 0 spiro atoms. The molecule has 0 atom stereocenters. The van der Waals surface area contributed by atoms with E-state index in [2.05, 4.69) is 4.98 Å². The van der Waals surface area contributed by atoms with Gasteiger partial charge in [0.25, 0.3) is 0 Å². The number of hydrogen-bond donors (Lipinski definition) is 0. The van der Waals surface area contributed by atoms with Crippen LogP contribution in [0.4, 0.5) is 0 Å². The monoisotopic (exact) mass is 196 g/mol. The van der Waals surface area contributed by atoms with Gasteiger partial charge in [-0.25, -0.2) is 0 Å². The number of hydrogen-bond acceptors (Lipinski definition) is 3.